The van der Waals surface area contributed by atoms with Crippen molar-refractivity contribution in [1.29, 1.82) is 5.26 Å². The molecule has 13 heteroatoms. The molecule has 3 aliphatic rings. The molecule has 3 aliphatic heterocycles. The van der Waals surface area contributed by atoms with Gasteiger partial charge in [-0.05, 0) is 183 Å². The molecule has 88 heavy (non-hydrogen) atoms. The molecule has 0 saturated heterocycles. The number of benzene rings is 9. The maximum absolute atomic E-state index is 12.9. The van der Waals surface area contributed by atoms with Crippen LogP contribution in [0.15, 0.2) is 215 Å². The van der Waals surface area contributed by atoms with Crippen molar-refractivity contribution in [3.63, 3.8) is 0 Å². The van der Waals surface area contributed by atoms with Crippen LogP contribution in [0, 0.1) is 25.2 Å². The van der Waals surface area contributed by atoms with Gasteiger partial charge in [0.2, 0.25) is 0 Å². The van der Waals surface area contributed by atoms with Crippen LogP contribution >= 0.6 is 0 Å². The SMILES string of the molecule is Cc1ccc(C(CCO)NC(=O)c2cccc(-c3ccc4c(c3)C=NC4)c2)cc1.Cc1cccc(C(CCO)NC(=O)c2cccc(-c3ccc4c(c3)C=NC4)c2)c1.N#Cc1cccc(C(CCO)NC(=O)c2cccc(-c3ccc4c(c3)C=NC4)c2)c1. The number of hydrogen-bond acceptors (Lipinski definition) is 10. The summed E-state index contributed by atoms with van der Waals surface area (Å²) >= 11 is 0. The molecule has 6 N–H and O–H groups in total. The molecule has 3 amide bonds. The standard InChI is InChI=1S/C25H21N3O2.2C25H24N2O2/c26-14-17-3-1-5-20(11-17)24(9-10-29)28-25(30)21-6-2-4-18(12-21)19-7-8-22-15-27-16-23(22)13-19;1-17-4-2-6-20(12-17)24(10-11-28)27-25(29)21-7-3-5-18(13-21)19-8-9-22-15-26-16-23(22)14-19;1-17-5-7-18(8-6-17)24(11-12-28)27-25(29)21-4-2-3-19(13-21)20-9-10-22-15-26-16-23(22)14-20/h1-8,11-13,16,24,29H,9-10,15H2,(H,28,30);2-9,12-14,16,24,28H,10-11,15H2,1H3,(H,27,29);2-10,13-14,16,24,28H,11-12,15H2,1H3,(H,27,29). The van der Waals surface area contributed by atoms with Crippen LogP contribution in [0.4, 0.5) is 0 Å². The van der Waals surface area contributed by atoms with Gasteiger partial charge in [-0.25, -0.2) is 0 Å². The Bertz CT molecular complexity index is 4130. The van der Waals surface area contributed by atoms with Crippen molar-refractivity contribution >= 4 is 36.4 Å². The summed E-state index contributed by atoms with van der Waals surface area (Å²) in [6.45, 7) is 6.19. The van der Waals surface area contributed by atoms with Gasteiger partial charge in [0, 0.05) is 55.2 Å². The monoisotopic (exact) mass is 1160 g/mol. The fraction of sp³-hybridized carbons (Fsp3) is 0.187. The Labute approximate surface area is 513 Å². The van der Waals surface area contributed by atoms with Crippen LogP contribution in [-0.4, -0.2) is 71.5 Å². The highest BCUT2D eigenvalue weighted by Gasteiger charge is 2.21. The minimum absolute atomic E-state index is 0.00947. The predicted molar refractivity (Wildman–Crippen MR) is 349 cm³/mol. The molecule has 9 aromatic rings. The first-order valence-electron chi connectivity index (χ1n) is 29.5. The number of fused-ring (bicyclic) bond motifs is 3. The number of amides is 3. The van der Waals surface area contributed by atoms with Gasteiger partial charge in [0.15, 0.2) is 0 Å². The van der Waals surface area contributed by atoms with E-state index in [1.54, 1.807) is 24.3 Å². The highest BCUT2D eigenvalue weighted by Crippen LogP contribution is 2.30. The minimum Gasteiger partial charge on any atom is -0.396 e. The molecular weight excluding hydrogens is 1090 g/mol. The third-order valence-corrected chi connectivity index (χ3v) is 15.8. The quantitative estimate of drug-likeness (QED) is 0.0489. The second-order valence-corrected chi connectivity index (χ2v) is 22.1. The van der Waals surface area contributed by atoms with E-state index in [-0.39, 0.29) is 55.7 Å². The predicted octanol–water partition coefficient (Wildman–Crippen LogP) is 12.9. The number of aliphatic hydroxyl groups is 3. The number of aliphatic imine (C=N–C) groups is 3. The molecule has 0 radical (unpaired) electrons. The lowest BCUT2D eigenvalue weighted by atomic mass is 9.98. The maximum atomic E-state index is 12.9. The molecule has 3 heterocycles. The van der Waals surface area contributed by atoms with E-state index in [4.69, 9.17) is 5.26 Å². The summed E-state index contributed by atoms with van der Waals surface area (Å²) in [5, 5.41) is 46.6. The molecule has 0 spiro atoms. The van der Waals surface area contributed by atoms with Crippen molar-refractivity contribution in [2.75, 3.05) is 19.8 Å². The van der Waals surface area contributed by atoms with Crippen molar-refractivity contribution in [1.82, 2.24) is 16.0 Å². The second kappa shape index (κ2) is 29.2. The normalized spacial score (nSPS) is 13.0. The lowest BCUT2D eigenvalue weighted by molar-refractivity contribution is 0.0921. The van der Waals surface area contributed by atoms with E-state index in [0.29, 0.717) is 41.5 Å². The van der Waals surface area contributed by atoms with Crippen molar-refractivity contribution < 1.29 is 29.7 Å². The number of aliphatic hydroxyl groups excluding tert-OH is 3. The lowest BCUT2D eigenvalue weighted by Gasteiger charge is -2.19. The molecule has 9 aromatic carbocycles. The van der Waals surface area contributed by atoms with Crippen molar-refractivity contribution in [3.05, 3.63) is 284 Å². The molecule has 440 valence electrons. The van der Waals surface area contributed by atoms with E-state index < -0.39 is 0 Å². The average molecular weight is 1160 g/mol. The van der Waals surface area contributed by atoms with Gasteiger partial charge in [-0.2, -0.15) is 5.26 Å². The Balaban J connectivity index is 0.000000146. The number of nitrogens with one attached hydrogen (secondary N) is 3. The largest absolute Gasteiger partial charge is 0.396 e. The van der Waals surface area contributed by atoms with Gasteiger partial charge in [0.25, 0.3) is 17.7 Å². The first kappa shape index (κ1) is 60.9. The van der Waals surface area contributed by atoms with E-state index in [2.05, 4.69) is 85.5 Å². The van der Waals surface area contributed by atoms with E-state index in [0.717, 1.165) is 97.5 Å². The van der Waals surface area contributed by atoms with Crippen LogP contribution in [0.1, 0.15) is 135 Å². The molecule has 13 nitrogen and oxygen atoms in total. The Hall–Kier alpha value is -10.2. The summed E-state index contributed by atoms with van der Waals surface area (Å²) in [6, 6.07) is 66.0. The summed E-state index contributed by atoms with van der Waals surface area (Å²) in [5.41, 5.74) is 20.5. The number of carbonyl (C=O) groups is 3. The van der Waals surface area contributed by atoms with Crippen molar-refractivity contribution in [2.24, 2.45) is 15.0 Å². The fourth-order valence-corrected chi connectivity index (χ4v) is 11.0. The van der Waals surface area contributed by atoms with Crippen LogP contribution in [-0.2, 0) is 19.6 Å². The van der Waals surface area contributed by atoms with E-state index in [1.165, 1.54) is 16.7 Å². The summed E-state index contributed by atoms with van der Waals surface area (Å²) in [6.07, 6.45) is 6.99. The molecule has 0 bridgehead atoms. The van der Waals surface area contributed by atoms with Gasteiger partial charge in [-0.15, -0.1) is 0 Å². The molecule has 3 atom stereocenters. The lowest BCUT2D eigenvalue weighted by Crippen LogP contribution is -2.29. The van der Waals surface area contributed by atoms with Gasteiger partial charge >= 0.3 is 0 Å². The average Bonchev–Trinajstić information content (AvgIpc) is 3.66. The molecular formula is C75H69N7O6. The highest BCUT2D eigenvalue weighted by atomic mass is 16.3. The fourth-order valence-electron chi connectivity index (χ4n) is 11.0. The molecule has 12 rings (SSSR count). The van der Waals surface area contributed by atoms with E-state index in [9.17, 15) is 29.7 Å². The summed E-state index contributed by atoms with van der Waals surface area (Å²) < 4.78 is 0. The summed E-state index contributed by atoms with van der Waals surface area (Å²) in [5.74, 6) is -0.511. The Morgan fingerprint density at radius 2 is 0.773 bits per heavy atom. The van der Waals surface area contributed by atoms with Gasteiger partial charge in [0.1, 0.15) is 0 Å². The molecule has 0 saturated carbocycles. The van der Waals surface area contributed by atoms with Crippen LogP contribution in [0.2, 0.25) is 0 Å². The number of carbonyl (C=O) groups excluding carboxylic acids is 3. The number of aryl methyl sites for hydroxylation is 2. The van der Waals surface area contributed by atoms with E-state index >= 15 is 0 Å². The summed E-state index contributed by atoms with van der Waals surface area (Å²) in [4.78, 5) is 51.7. The van der Waals surface area contributed by atoms with E-state index in [1.807, 2.05) is 160 Å². The van der Waals surface area contributed by atoms with Gasteiger partial charge in [-0.1, -0.05) is 145 Å². The van der Waals surface area contributed by atoms with Gasteiger partial charge < -0.3 is 31.3 Å². The van der Waals surface area contributed by atoms with Gasteiger partial charge in [-0.3, -0.25) is 29.4 Å². The third kappa shape index (κ3) is 15.4. The van der Waals surface area contributed by atoms with Crippen LogP contribution < -0.4 is 16.0 Å². The maximum Gasteiger partial charge on any atom is 0.251 e. The van der Waals surface area contributed by atoms with Crippen LogP contribution in [0.3, 0.4) is 0 Å². The zero-order chi connectivity index (χ0) is 61.4. The van der Waals surface area contributed by atoms with Crippen LogP contribution in [0.25, 0.3) is 33.4 Å². The number of rotatable bonds is 18. The topological polar surface area (TPSA) is 209 Å². The minimum atomic E-state index is -0.379. The number of hydrogen-bond donors (Lipinski definition) is 6. The first-order chi connectivity index (χ1) is 42.9. The first-order valence-corrected chi connectivity index (χ1v) is 29.5. The second-order valence-electron chi connectivity index (χ2n) is 22.1. The van der Waals surface area contributed by atoms with Crippen molar-refractivity contribution in [2.45, 2.75) is 70.9 Å². The Morgan fingerprint density at radius 3 is 1.16 bits per heavy atom. The molecule has 0 aliphatic carbocycles. The zero-order valence-corrected chi connectivity index (χ0v) is 49.2. The Morgan fingerprint density at radius 1 is 0.409 bits per heavy atom. The number of nitrogens with zero attached hydrogens (tertiary/aromatic N) is 4. The van der Waals surface area contributed by atoms with Crippen LogP contribution in [0.5, 0.6) is 0 Å². The zero-order valence-electron chi connectivity index (χ0n) is 49.2. The highest BCUT2D eigenvalue weighted by molar-refractivity contribution is 5.98. The van der Waals surface area contributed by atoms with Crippen molar-refractivity contribution in [3.8, 4) is 39.4 Å². The summed E-state index contributed by atoms with van der Waals surface area (Å²) in [7, 11) is 0. The number of nitriles is 1. The molecule has 0 aromatic heterocycles. The third-order valence-electron chi connectivity index (χ3n) is 15.8. The van der Waals surface area contributed by atoms with Gasteiger partial charge in [0.05, 0.1) is 49.4 Å². The molecule has 3 unspecified atom stereocenters. The Kier molecular flexibility index (Phi) is 20.2. The smallest absolute Gasteiger partial charge is 0.251 e. The molecule has 0 fully saturated rings.